The minimum Gasteiger partial charge on any atom is -0.398 e. The number of benzene rings is 1. The molecule has 1 aromatic rings. The quantitative estimate of drug-likeness (QED) is 0.444. The zero-order valence-electron chi connectivity index (χ0n) is 12.6. The van der Waals surface area contributed by atoms with Crippen molar-refractivity contribution in [1.29, 1.82) is 5.26 Å². The molecule has 114 valence electrons. The van der Waals surface area contributed by atoms with Gasteiger partial charge in [0.2, 0.25) is 5.96 Å². The number of allylic oxidation sites excluding steroid dienone is 2. The Balaban J connectivity index is 1.81. The van der Waals surface area contributed by atoms with Gasteiger partial charge in [0.1, 0.15) is 0 Å². The number of guanidine groups is 1. The fraction of sp³-hybridized carbons (Fsp3) is 0.412. The molecule has 1 heterocycles. The van der Waals surface area contributed by atoms with Crippen molar-refractivity contribution in [3.63, 3.8) is 0 Å². The monoisotopic (exact) mass is 295 g/mol. The Morgan fingerprint density at radius 2 is 2.27 bits per heavy atom. The van der Waals surface area contributed by atoms with E-state index in [9.17, 15) is 0 Å². The predicted octanol–water partition coefficient (Wildman–Crippen LogP) is 2.34. The van der Waals surface area contributed by atoms with Gasteiger partial charge in [0.15, 0.2) is 6.19 Å². The normalized spacial score (nSPS) is 21.1. The first-order valence-corrected chi connectivity index (χ1v) is 7.80. The first-order chi connectivity index (χ1) is 10.8. The van der Waals surface area contributed by atoms with Crippen molar-refractivity contribution in [1.82, 2.24) is 10.6 Å². The maximum absolute atomic E-state index is 8.61. The molecule has 0 amide bonds. The minimum atomic E-state index is 0.313. The lowest BCUT2D eigenvalue weighted by molar-refractivity contribution is 0.629. The fourth-order valence-corrected chi connectivity index (χ4v) is 3.09. The van der Waals surface area contributed by atoms with E-state index in [1.165, 1.54) is 29.5 Å². The van der Waals surface area contributed by atoms with Crippen LogP contribution in [0.3, 0.4) is 0 Å². The van der Waals surface area contributed by atoms with Crippen molar-refractivity contribution < 1.29 is 0 Å². The number of nitrogens with one attached hydrogen (secondary N) is 2. The van der Waals surface area contributed by atoms with Gasteiger partial charge in [0.05, 0.1) is 6.54 Å². The molecule has 0 saturated heterocycles. The van der Waals surface area contributed by atoms with Crippen LogP contribution in [0.4, 0.5) is 5.69 Å². The molecule has 1 atom stereocenters. The lowest BCUT2D eigenvalue weighted by Gasteiger charge is -2.24. The SMILES string of the molecule is N#CNC1=NCC(c2ccc(N)c(C3=CCCCC3)c2)CN1. The van der Waals surface area contributed by atoms with Crippen molar-refractivity contribution in [2.45, 2.75) is 31.6 Å². The first kappa shape index (κ1) is 14.5. The van der Waals surface area contributed by atoms with Crippen LogP contribution >= 0.6 is 0 Å². The predicted molar refractivity (Wildman–Crippen MR) is 89.1 cm³/mol. The lowest BCUT2D eigenvalue weighted by Crippen LogP contribution is -2.41. The zero-order chi connectivity index (χ0) is 15.4. The summed E-state index contributed by atoms with van der Waals surface area (Å²) >= 11 is 0. The van der Waals surface area contributed by atoms with Gasteiger partial charge in [0, 0.05) is 23.7 Å². The van der Waals surface area contributed by atoms with Gasteiger partial charge < -0.3 is 11.1 Å². The number of anilines is 1. The summed E-state index contributed by atoms with van der Waals surface area (Å²) in [6, 6.07) is 6.32. The van der Waals surface area contributed by atoms with E-state index >= 15 is 0 Å². The van der Waals surface area contributed by atoms with Crippen LogP contribution in [-0.4, -0.2) is 19.0 Å². The molecule has 3 rings (SSSR count). The van der Waals surface area contributed by atoms with Crippen LogP contribution in [0.2, 0.25) is 0 Å². The summed E-state index contributed by atoms with van der Waals surface area (Å²) < 4.78 is 0. The van der Waals surface area contributed by atoms with Crippen LogP contribution in [0.1, 0.15) is 42.7 Å². The molecule has 1 aromatic carbocycles. The largest absolute Gasteiger partial charge is 0.398 e. The second kappa shape index (κ2) is 6.52. The Morgan fingerprint density at radius 3 is 2.95 bits per heavy atom. The fourth-order valence-electron chi connectivity index (χ4n) is 3.09. The van der Waals surface area contributed by atoms with E-state index in [0.29, 0.717) is 18.4 Å². The van der Waals surface area contributed by atoms with Crippen molar-refractivity contribution in [3.8, 4) is 6.19 Å². The molecule has 0 fully saturated rings. The highest BCUT2D eigenvalue weighted by atomic mass is 15.2. The average Bonchev–Trinajstić information content (AvgIpc) is 2.57. The molecule has 0 radical (unpaired) electrons. The maximum atomic E-state index is 8.61. The van der Waals surface area contributed by atoms with E-state index in [-0.39, 0.29) is 0 Å². The second-order valence-electron chi connectivity index (χ2n) is 5.83. The standard InChI is InChI=1S/C17H21N5/c18-11-22-17-20-9-14(10-21-17)13-6-7-16(19)15(8-13)12-4-2-1-3-5-12/h4,6-8,14H,1-3,5,9-10,19H2,(H2,20,21,22). The molecular formula is C17H21N5. The molecule has 5 nitrogen and oxygen atoms in total. The highest BCUT2D eigenvalue weighted by molar-refractivity contribution is 5.82. The summed E-state index contributed by atoms with van der Waals surface area (Å²) in [6.07, 6.45) is 9.00. The number of hydrogen-bond donors (Lipinski definition) is 3. The smallest absolute Gasteiger partial charge is 0.204 e. The molecule has 4 N–H and O–H groups in total. The number of nitrogens with two attached hydrogens (primary N) is 1. The molecule has 0 saturated carbocycles. The van der Waals surface area contributed by atoms with Gasteiger partial charge in [-0.2, -0.15) is 5.26 Å². The summed E-state index contributed by atoms with van der Waals surface area (Å²) in [5.41, 5.74) is 10.9. The molecular weight excluding hydrogens is 274 g/mol. The summed E-state index contributed by atoms with van der Waals surface area (Å²) in [5, 5.41) is 14.3. The van der Waals surface area contributed by atoms with Gasteiger partial charge in [-0.1, -0.05) is 12.1 Å². The van der Waals surface area contributed by atoms with Crippen molar-refractivity contribution >= 4 is 17.2 Å². The summed E-state index contributed by atoms with van der Waals surface area (Å²) in [4.78, 5) is 4.37. The van der Waals surface area contributed by atoms with E-state index in [4.69, 9.17) is 11.0 Å². The second-order valence-corrected chi connectivity index (χ2v) is 5.83. The molecule has 1 unspecified atom stereocenters. The van der Waals surface area contributed by atoms with Gasteiger partial charge in [0.25, 0.3) is 0 Å². The van der Waals surface area contributed by atoms with Gasteiger partial charge in [-0.15, -0.1) is 0 Å². The molecule has 0 spiro atoms. The van der Waals surface area contributed by atoms with Crippen molar-refractivity contribution in [3.05, 3.63) is 35.4 Å². The average molecular weight is 295 g/mol. The van der Waals surface area contributed by atoms with Crippen LogP contribution in [0.25, 0.3) is 5.57 Å². The Labute approximate surface area is 130 Å². The highest BCUT2D eigenvalue weighted by Crippen LogP contribution is 2.32. The van der Waals surface area contributed by atoms with Gasteiger partial charge in [-0.3, -0.25) is 10.3 Å². The Hall–Kier alpha value is -2.48. The van der Waals surface area contributed by atoms with Crippen LogP contribution in [0, 0.1) is 11.5 Å². The van der Waals surface area contributed by atoms with E-state index in [2.05, 4.69) is 33.8 Å². The Morgan fingerprint density at radius 1 is 1.36 bits per heavy atom. The van der Waals surface area contributed by atoms with Crippen LogP contribution in [-0.2, 0) is 0 Å². The Bertz CT molecular complexity index is 654. The van der Waals surface area contributed by atoms with E-state index in [0.717, 1.165) is 25.1 Å². The van der Waals surface area contributed by atoms with E-state index < -0.39 is 0 Å². The number of nitrogens with zero attached hydrogens (tertiary/aromatic N) is 2. The van der Waals surface area contributed by atoms with E-state index in [1.54, 1.807) is 0 Å². The number of nitriles is 1. The molecule has 5 heteroatoms. The minimum absolute atomic E-state index is 0.313. The first-order valence-electron chi connectivity index (χ1n) is 7.80. The topological polar surface area (TPSA) is 86.2 Å². The summed E-state index contributed by atoms with van der Waals surface area (Å²) in [7, 11) is 0. The van der Waals surface area contributed by atoms with Gasteiger partial charge in [-0.25, -0.2) is 0 Å². The van der Waals surface area contributed by atoms with Crippen LogP contribution in [0.5, 0.6) is 0 Å². The maximum Gasteiger partial charge on any atom is 0.204 e. The third-order valence-corrected chi connectivity index (χ3v) is 4.35. The highest BCUT2D eigenvalue weighted by Gasteiger charge is 2.19. The summed E-state index contributed by atoms with van der Waals surface area (Å²) in [5.74, 6) is 0.872. The van der Waals surface area contributed by atoms with Gasteiger partial charge in [-0.05, 0) is 49.0 Å². The van der Waals surface area contributed by atoms with Crippen molar-refractivity contribution in [2.75, 3.05) is 18.8 Å². The number of rotatable bonds is 2. The zero-order valence-corrected chi connectivity index (χ0v) is 12.6. The van der Waals surface area contributed by atoms with Crippen LogP contribution in [0.15, 0.2) is 29.3 Å². The Kier molecular flexibility index (Phi) is 4.29. The number of hydrogen-bond acceptors (Lipinski definition) is 5. The molecule has 22 heavy (non-hydrogen) atoms. The molecule has 2 aliphatic rings. The molecule has 1 aliphatic heterocycles. The molecule has 0 bridgehead atoms. The molecule has 0 aromatic heterocycles. The van der Waals surface area contributed by atoms with Crippen molar-refractivity contribution in [2.24, 2.45) is 4.99 Å². The third-order valence-electron chi connectivity index (χ3n) is 4.35. The number of nitrogen functional groups attached to an aromatic ring is 1. The lowest BCUT2D eigenvalue weighted by atomic mass is 9.89. The third kappa shape index (κ3) is 3.06. The number of aliphatic imine (C=N–C) groups is 1. The van der Waals surface area contributed by atoms with Gasteiger partial charge >= 0.3 is 0 Å². The van der Waals surface area contributed by atoms with Crippen LogP contribution < -0.4 is 16.4 Å². The summed E-state index contributed by atoms with van der Waals surface area (Å²) in [6.45, 7) is 1.45. The molecule has 1 aliphatic carbocycles. The van der Waals surface area contributed by atoms with E-state index in [1.807, 2.05) is 12.3 Å².